The van der Waals surface area contributed by atoms with Gasteiger partial charge in [-0.25, -0.2) is 0 Å². The Morgan fingerprint density at radius 3 is 2.52 bits per heavy atom. The van der Waals surface area contributed by atoms with Gasteiger partial charge >= 0.3 is 0 Å². The lowest BCUT2D eigenvalue weighted by Crippen LogP contribution is -2.44. The van der Waals surface area contributed by atoms with E-state index in [1.807, 2.05) is 24.3 Å². The Morgan fingerprint density at radius 2 is 1.76 bits per heavy atom. The monoisotopic (exact) mass is 399 g/mol. The fourth-order valence-electron chi connectivity index (χ4n) is 4.88. The first-order valence-electron chi connectivity index (χ1n) is 11.2. The number of amides is 2. The number of nitrogens with zero attached hydrogens (tertiary/aromatic N) is 2. The second-order valence-corrected chi connectivity index (χ2v) is 8.49. The minimum absolute atomic E-state index is 0.0106. The zero-order chi connectivity index (χ0) is 20.1. The molecule has 1 atom stereocenters. The van der Waals surface area contributed by atoms with Crippen LogP contribution in [0.1, 0.15) is 66.9 Å². The van der Waals surface area contributed by atoms with Crippen LogP contribution in [0.4, 0.5) is 0 Å². The van der Waals surface area contributed by atoms with Gasteiger partial charge in [-0.3, -0.25) is 14.5 Å². The van der Waals surface area contributed by atoms with E-state index in [0.717, 1.165) is 57.7 Å². The largest absolute Gasteiger partial charge is 0.379 e. The van der Waals surface area contributed by atoms with Crippen molar-refractivity contribution in [2.24, 2.45) is 0 Å². The summed E-state index contributed by atoms with van der Waals surface area (Å²) in [6.07, 6.45) is 7.82. The number of morpholine rings is 1. The van der Waals surface area contributed by atoms with Gasteiger partial charge in [0.05, 0.1) is 13.2 Å². The van der Waals surface area contributed by atoms with Gasteiger partial charge in [0.15, 0.2) is 0 Å². The molecule has 6 heteroatoms. The Kier molecular flexibility index (Phi) is 6.82. The van der Waals surface area contributed by atoms with Gasteiger partial charge in [0.2, 0.25) is 5.91 Å². The summed E-state index contributed by atoms with van der Waals surface area (Å²) in [5.41, 5.74) is 1.54. The first kappa shape index (κ1) is 20.4. The highest BCUT2D eigenvalue weighted by atomic mass is 16.5. The maximum Gasteiger partial charge on any atom is 0.255 e. The Balaban J connectivity index is 1.43. The van der Waals surface area contributed by atoms with Crippen LogP contribution in [-0.4, -0.2) is 67.0 Å². The number of fused-ring (bicyclic) bond motifs is 1. The standard InChI is InChI=1S/C23H33N3O3/c27-22(24-18-8-3-1-2-4-9-18)21-19-10-5-6-11-20(19)23(28)26(21)13-7-12-25-14-16-29-17-15-25/h5-6,10-11,18,21H,1-4,7-9,12-17H2,(H,24,27)/t21-/m0/s1. The summed E-state index contributed by atoms with van der Waals surface area (Å²) in [6, 6.07) is 7.34. The number of hydrogen-bond acceptors (Lipinski definition) is 4. The fraction of sp³-hybridized carbons (Fsp3) is 0.652. The predicted octanol–water partition coefficient (Wildman–Crippen LogP) is 2.74. The van der Waals surface area contributed by atoms with Gasteiger partial charge < -0.3 is 15.0 Å². The van der Waals surface area contributed by atoms with Crippen LogP contribution < -0.4 is 5.32 Å². The summed E-state index contributed by atoms with van der Waals surface area (Å²) in [7, 11) is 0. The molecule has 0 bridgehead atoms. The van der Waals surface area contributed by atoms with Crippen LogP contribution in [0.15, 0.2) is 24.3 Å². The van der Waals surface area contributed by atoms with Gasteiger partial charge in [-0.05, 0) is 30.9 Å². The van der Waals surface area contributed by atoms with Gasteiger partial charge in [0.25, 0.3) is 5.91 Å². The quantitative estimate of drug-likeness (QED) is 0.747. The highest BCUT2D eigenvalue weighted by Gasteiger charge is 2.41. The highest BCUT2D eigenvalue weighted by molar-refractivity contribution is 6.04. The summed E-state index contributed by atoms with van der Waals surface area (Å²) >= 11 is 0. The maximum atomic E-state index is 13.3. The molecule has 2 fully saturated rings. The molecule has 4 rings (SSSR count). The smallest absolute Gasteiger partial charge is 0.255 e. The van der Waals surface area contributed by atoms with Crippen molar-refractivity contribution in [3.8, 4) is 0 Å². The van der Waals surface area contributed by atoms with E-state index in [4.69, 9.17) is 4.74 Å². The second-order valence-electron chi connectivity index (χ2n) is 8.49. The van der Waals surface area contributed by atoms with E-state index >= 15 is 0 Å². The summed E-state index contributed by atoms with van der Waals surface area (Å²) in [5, 5.41) is 3.27. The van der Waals surface area contributed by atoms with Crippen LogP contribution in [0.5, 0.6) is 0 Å². The van der Waals surface area contributed by atoms with Crippen molar-refractivity contribution in [2.75, 3.05) is 39.4 Å². The molecule has 2 aliphatic heterocycles. The molecule has 1 saturated heterocycles. The summed E-state index contributed by atoms with van der Waals surface area (Å²) in [6.45, 7) is 4.98. The number of rotatable bonds is 6. The van der Waals surface area contributed by atoms with Gasteiger partial charge in [0.1, 0.15) is 6.04 Å². The van der Waals surface area contributed by atoms with E-state index in [9.17, 15) is 9.59 Å². The number of hydrogen-bond donors (Lipinski definition) is 1. The summed E-state index contributed by atoms with van der Waals surface area (Å²) in [4.78, 5) is 30.5. The molecule has 29 heavy (non-hydrogen) atoms. The van der Waals surface area contributed by atoms with E-state index in [1.54, 1.807) is 4.90 Å². The SMILES string of the molecule is O=C(NC1CCCCCC1)[C@@H]1c2ccccc2C(=O)N1CCCN1CCOCC1. The van der Waals surface area contributed by atoms with Gasteiger partial charge in [-0.15, -0.1) is 0 Å². The number of carbonyl (C=O) groups excluding carboxylic acids is 2. The Morgan fingerprint density at radius 1 is 1.03 bits per heavy atom. The van der Waals surface area contributed by atoms with Crippen molar-refractivity contribution in [3.63, 3.8) is 0 Å². The van der Waals surface area contributed by atoms with E-state index in [1.165, 1.54) is 25.7 Å². The molecule has 158 valence electrons. The number of carbonyl (C=O) groups is 2. The Bertz CT molecular complexity index is 709. The summed E-state index contributed by atoms with van der Waals surface area (Å²) in [5.74, 6) is -0.0230. The molecule has 1 saturated carbocycles. The molecule has 1 aromatic rings. The first-order chi connectivity index (χ1) is 14.2. The van der Waals surface area contributed by atoms with Crippen molar-refractivity contribution in [3.05, 3.63) is 35.4 Å². The first-order valence-corrected chi connectivity index (χ1v) is 11.2. The van der Waals surface area contributed by atoms with Crippen molar-refractivity contribution < 1.29 is 14.3 Å². The molecular formula is C23H33N3O3. The normalized spacial score (nSPS) is 23.7. The zero-order valence-electron chi connectivity index (χ0n) is 17.3. The lowest BCUT2D eigenvalue weighted by molar-refractivity contribution is -0.126. The topological polar surface area (TPSA) is 61.9 Å². The van der Waals surface area contributed by atoms with Crippen molar-refractivity contribution in [1.29, 1.82) is 0 Å². The molecule has 3 aliphatic rings. The minimum Gasteiger partial charge on any atom is -0.379 e. The van der Waals surface area contributed by atoms with Crippen LogP contribution in [-0.2, 0) is 9.53 Å². The molecule has 1 aromatic carbocycles. The molecule has 0 spiro atoms. The van der Waals surface area contributed by atoms with Crippen LogP contribution >= 0.6 is 0 Å². The third-order valence-electron chi connectivity index (χ3n) is 6.49. The molecule has 2 heterocycles. The lowest BCUT2D eigenvalue weighted by Gasteiger charge is -2.29. The molecule has 1 N–H and O–H groups in total. The van der Waals surface area contributed by atoms with Crippen LogP contribution in [0.3, 0.4) is 0 Å². The molecule has 0 radical (unpaired) electrons. The van der Waals surface area contributed by atoms with Crippen molar-refractivity contribution in [2.45, 2.75) is 57.0 Å². The van der Waals surface area contributed by atoms with Crippen molar-refractivity contribution >= 4 is 11.8 Å². The molecule has 1 aliphatic carbocycles. The van der Waals surface area contributed by atoms with Crippen LogP contribution in [0.2, 0.25) is 0 Å². The van der Waals surface area contributed by atoms with Crippen LogP contribution in [0, 0.1) is 0 Å². The molecule has 0 unspecified atom stereocenters. The van der Waals surface area contributed by atoms with Gasteiger partial charge in [-0.1, -0.05) is 43.9 Å². The minimum atomic E-state index is -0.494. The fourth-order valence-corrected chi connectivity index (χ4v) is 4.88. The van der Waals surface area contributed by atoms with E-state index in [-0.39, 0.29) is 17.9 Å². The third-order valence-corrected chi connectivity index (χ3v) is 6.49. The predicted molar refractivity (Wildman–Crippen MR) is 112 cm³/mol. The van der Waals surface area contributed by atoms with Crippen LogP contribution in [0.25, 0.3) is 0 Å². The van der Waals surface area contributed by atoms with Crippen molar-refractivity contribution in [1.82, 2.24) is 15.1 Å². The van der Waals surface area contributed by atoms with Gasteiger partial charge in [0, 0.05) is 37.8 Å². The maximum absolute atomic E-state index is 13.3. The van der Waals surface area contributed by atoms with E-state index < -0.39 is 6.04 Å². The molecule has 2 amide bonds. The third kappa shape index (κ3) is 4.81. The number of benzene rings is 1. The molecular weight excluding hydrogens is 366 g/mol. The zero-order valence-corrected chi connectivity index (χ0v) is 17.3. The van der Waals surface area contributed by atoms with E-state index in [0.29, 0.717) is 12.1 Å². The highest BCUT2D eigenvalue weighted by Crippen LogP contribution is 2.34. The number of nitrogens with one attached hydrogen (secondary N) is 1. The number of ether oxygens (including phenoxy) is 1. The second kappa shape index (κ2) is 9.72. The average molecular weight is 400 g/mol. The van der Waals surface area contributed by atoms with E-state index in [2.05, 4.69) is 10.2 Å². The Labute approximate surface area is 173 Å². The van der Waals surface area contributed by atoms with Gasteiger partial charge in [-0.2, -0.15) is 0 Å². The molecule has 0 aromatic heterocycles. The Hall–Kier alpha value is -1.92. The summed E-state index contributed by atoms with van der Waals surface area (Å²) < 4.78 is 5.41. The lowest BCUT2D eigenvalue weighted by atomic mass is 10.0. The molecule has 6 nitrogen and oxygen atoms in total. The average Bonchev–Trinajstić information content (AvgIpc) is 2.89.